The van der Waals surface area contributed by atoms with Crippen LogP contribution in [0.2, 0.25) is 0 Å². The lowest BCUT2D eigenvalue weighted by molar-refractivity contribution is -0.870. The second-order valence-corrected chi connectivity index (χ2v) is 22.4. The Morgan fingerprint density at radius 1 is 0.415 bits per heavy atom. The zero-order valence-corrected chi connectivity index (χ0v) is 45.4. The van der Waals surface area contributed by atoms with Crippen LogP contribution in [0.4, 0.5) is 0 Å². The van der Waals surface area contributed by atoms with Crippen LogP contribution in [0.1, 0.15) is 296 Å². The Labute approximate surface area is 406 Å². The molecule has 0 radical (unpaired) electrons. The maximum absolute atomic E-state index is 12.8. The molecule has 0 saturated heterocycles. The standard InChI is InChI=1S/C56H114NO7P/c1-6-8-10-12-14-16-18-20-22-24-26-28-30-32-34-36-38-40-42-44-46-48-51-61-53-55(54-63-65(59,60)62-52-50-57(3,4)5)64-56(58)49-47-45-43-41-39-37-35-33-31-29-27-25-23-21-19-17-15-13-11-9-7-2/h55H,6-54H2,1-5H3. The fourth-order valence-electron chi connectivity index (χ4n) is 8.73. The van der Waals surface area contributed by atoms with Crippen LogP contribution in [0.15, 0.2) is 0 Å². The molecule has 0 aromatic carbocycles. The van der Waals surface area contributed by atoms with E-state index in [-0.39, 0.29) is 25.8 Å². The zero-order chi connectivity index (χ0) is 47.6. The first-order valence-electron chi connectivity index (χ1n) is 28.8. The van der Waals surface area contributed by atoms with Gasteiger partial charge in [-0.05, 0) is 12.8 Å². The summed E-state index contributed by atoms with van der Waals surface area (Å²) in [7, 11) is 1.38. The van der Waals surface area contributed by atoms with E-state index in [9.17, 15) is 14.3 Å². The number of carbonyl (C=O) groups is 1. The lowest BCUT2D eigenvalue weighted by Crippen LogP contribution is -2.37. The number of quaternary nitrogens is 1. The third-order valence-electron chi connectivity index (χ3n) is 13.2. The van der Waals surface area contributed by atoms with Gasteiger partial charge in [-0.3, -0.25) is 9.36 Å². The van der Waals surface area contributed by atoms with Crippen LogP contribution in [0, 0.1) is 0 Å². The monoisotopic (exact) mass is 944 g/mol. The number of esters is 1. The van der Waals surface area contributed by atoms with E-state index in [1.807, 2.05) is 21.1 Å². The van der Waals surface area contributed by atoms with Crippen molar-refractivity contribution in [1.29, 1.82) is 0 Å². The Bertz CT molecular complexity index is 1010. The van der Waals surface area contributed by atoms with Gasteiger partial charge in [0.25, 0.3) is 7.82 Å². The number of phosphoric acid groups is 1. The number of hydrogen-bond donors (Lipinski definition) is 0. The van der Waals surface area contributed by atoms with E-state index in [0.29, 0.717) is 24.1 Å². The largest absolute Gasteiger partial charge is 0.756 e. The SMILES string of the molecule is CCCCCCCCCCCCCCCCCCCCCCCCOCC(COP(=O)([O-])OCC[N+](C)(C)C)OC(=O)CCCCCCCCCCCCCCCCCCCCCCC. The molecule has 0 amide bonds. The van der Waals surface area contributed by atoms with Crippen LogP contribution in [-0.4, -0.2) is 70.7 Å². The van der Waals surface area contributed by atoms with Crippen LogP contribution >= 0.6 is 7.82 Å². The molecule has 0 aliphatic carbocycles. The van der Waals surface area contributed by atoms with Crippen molar-refractivity contribution >= 4 is 13.8 Å². The van der Waals surface area contributed by atoms with Crippen molar-refractivity contribution in [3.05, 3.63) is 0 Å². The van der Waals surface area contributed by atoms with Crippen LogP contribution in [0.5, 0.6) is 0 Å². The molecule has 0 aromatic rings. The Morgan fingerprint density at radius 3 is 1.02 bits per heavy atom. The van der Waals surface area contributed by atoms with Gasteiger partial charge in [0.05, 0.1) is 34.4 Å². The molecule has 0 saturated carbocycles. The van der Waals surface area contributed by atoms with Gasteiger partial charge in [-0.2, -0.15) is 0 Å². The quantitative estimate of drug-likeness (QED) is 0.0259. The molecule has 8 nitrogen and oxygen atoms in total. The molecule has 390 valence electrons. The third-order valence-corrected chi connectivity index (χ3v) is 14.1. The fourth-order valence-corrected chi connectivity index (χ4v) is 9.46. The van der Waals surface area contributed by atoms with E-state index < -0.39 is 13.9 Å². The number of carbonyl (C=O) groups excluding carboxylic acids is 1. The molecule has 2 atom stereocenters. The molecule has 0 N–H and O–H groups in total. The molecule has 0 aromatic heterocycles. The maximum atomic E-state index is 12.8. The van der Waals surface area contributed by atoms with E-state index in [1.54, 1.807) is 0 Å². The van der Waals surface area contributed by atoms with Crippen molar-refractivity contribution in [2.45, 2.75) is 302 Å². The molecule has 65 heavy (non-hydrogen) atoms. The van der Waals surface area contributed by atoms with Gasteiger partial charge in [-0.15, -0.1) is 0 Å². The topological polar surface area (TPSA) is 94.1 Å². The minimum Gasteiger partial charge on any atom is -0.756 e. The van der Waals surface area contributed by atoms with E-state index in [1.165, 1.54) is 244 Å². The lowest BCUT2D eigenvalue weighted by atomic mass is 10.0. The second kappa shape index (κ2) is 49.9. The molecule has 0 heterocycles. The Kier molecular flexibility index (Phi) is 49.5. The van der Waals surface area contributed by atoms with Crippen molar-refractivity contribution in [3.63, 3.8) is 0 Å². The average molecular weight is 945 g/mol. The summed E-state index contributed by atoms with van der Waals surface area (Å²) in [4.78, 5) is 25.2. The molecule has 0 rings (SSSR count). The summed E-state index contributed by atoms with van der Waals surface area (Å²) in [6.07, 6.45) is 57.1. The van der Waals surface area contributed by atoms with Crippen molar-refractivity contribution < 1.29 is 37.3 Å². The Balaban J connectivity index is 4.01. The van der Waals surface area contributed by atoms with Crippen LogP contribution in [-0.2, 0) is 27.9 Å². The lowest BCUT2D eigenvalue weighted by Gasteiger charge is -2.28. The Hall–Kier alpha value is -0.500. The second-order valence-electron chi connectivity index (χ2n) is 21.0. The number of hydrogen-bond acceptors (Lipinski definition) is 7. The number of rotatable bonds is 55. The first-order chi connectivity index (χ1) is 31.6. The summed E-state index contributed by atoms with van der Waals surface area (Å²) >= 11 is 0. The van der Waals surface area contributed by atoms with E-state index in [0.717, 1.165) is 32.1 Å². The molecule has 0 spiro atoms. The smallest absolute Gasteiger partial charge is 0.306 e. The summed E-state index contributed by atoms with van der Waals surface area (Å²) in [5.41, 5.74) is 0. The minimum absolute atomic E-state index is 0.0320. The maximum Gasteiger partial charge on any atom is 0.306 e. The summed E-state index contributed by atoms with van der Waals surface area (Å²) in [5.74, 6) is -0.323. The fraction of sp³-hybridized carbons (Fsp3) is 0.982. The summed E-state index contributed by atoms with van der Waals surface area (Å²) in [6, 6.07) is 0. The predicted octanol–water partition coefficient (Wildman–Crippen LogP) is 17.3. The predicted molar refractivity (Wildman–Crippen MR) is 278 cm³/mol. The van der Waals surface area contributed by atoms with Crippen LogP contribution in [0.25, 0.3) is 0 Å². The molecule has 0 aliphatic rings. The van der Waals surface area contributed by atoms with Gasteiger partial charge >= 0.3 is 5.97 Å². The highest BCUT2D eigenvalue weighted by Gasteiger charge is 2.20. The number of nitrogens with zero attached hydrogens (tertiary/aromatic N) is 1. The molecule has 0 fully saturated rings. The van der Waals surface area contributed by atoms with E-state index in [4.69, 9.17) is 18.5 Å². The first-order valence-corrected chi connectivity index (χ1v) is 30.2. The zero-order valence-electron chi connectivity index (χ0n) is 44.5. The molecule has 0 aliphatic heterocycles. The van der Waals surface area contributed by atoms with Crippen molar-refractivity contribution in [1.82, 2.24) is 0 Å². The van der Waals surface area contributed by atoms with Gasteiger partial charge in [-0.1, -0.05) is 277 Å². The van der Waals surface area contributed by atoms with Crippen LogP contribution in [0.3, 0.4) is 0 Å². The van der Waals surface area contributed by atoms with E-state index >= 15 is 0 Å². The first kappa shape index (κ1) is 64.5. The summed E-state index contributed by atoms with van der Waals surface area (Å²) in [6.45, 7) is 5.51. The number of likely N-dealkylation sites (N-methyl/N-ethyl adjacent to an activating group) is 1. The van der Waals surface area contributed by atoms with Gasteiger partial charge in [0.15, 0.2) is 0 Å². The van der Waals surface area contributed by atoms with E-state index in [2.05, 4.69) is 13.8 Å². The highest BCUT2D eigenvalue weighted by Crippen LogP contribution is 2.38. The molecule has 2 unspecified atom stereocenters. The summed E-state index contributed by atoms with van der Waals surface area (Å²) < 4.78 is 34.9. The number of unbranched alkanes of at least 4 members (excludes halogenated alkanes) is 41. The molecular formula is C56H114NO7P. The van der Waals surface area contributed by atoms with Gasteiger partial charge < -0.3 is 27.9 Å². The highest BCUT2D eigenvalue weighted by atomic mass is 31.2. The number of phosphoric ester groups is 1. The van der Waals surface area contributed by atoms with Gasteiger partial charge in [0.1, 0.15) is 19.3 Å². The normalized spacial score (nSPS) is 13.4. The highest BCUT2D eigenvalue weighted by molar-refractivity contribution is 7.45. The van der Waals surface area contributed by atoms with Crippen LogP contribution < -0.4 is 4.89 Å². The van der Waals surface area contributed by atoms with Gasteiger partial charge in [0, 0.05) is 13.0 Å². The number of ether oxygens (including phenoxy) is 2. The van der Waals surface area contributed by atoms with Crippen molar-refractivity contribution in [2.75, 3.05) is 54.1 Å². The van der Waals surface area contributed by atoms with Crippen molar-refractivity contribution in [2.24, 2.45) is 0 Å². The third kappa shape index (κ3) is 54.3. The molecular weight excluding hydrogens is 830 g/mol. The van der Waals surface area contributed by atoms with Gasteiger partial charge in [-0.25, -0.2) is 0 Å². The average Bonchev–Trinajstić information content (AvgIpc) is 3.27. The molecule has 9 heteroatoms. The summed E-state index contributed by atoms with van der Waals surface area (Å²) in [5, 5.41) is 0. The minimum atomic E-state index is -4.53. The molecule has 0 bridgehead atoms. The van der Waals surface area contributed by atoms with Gasteiger partial charge in [0.2, 0.25) is 0 Å². The van der Waals surface area contributed by atoms with Crippen molar-refractivity contribution in [3.8, 4) is 0 Å². The Morgan fingerprint density at radius 2 is 0.708 bits per heavy atom.